The normalized spacial score (nSPS) is 11.3. The van der Waals surface area contributed by atoms with Crippen molar-refractivity contribution >= 4 is 5.91 Å². The molecule has 2 heterocycles. The van der Waals surface area contributed by atoms with E-state index in [-0.39, 0.29) is 30.4 Å². The van der Waals surface area contributed by atoms with E-state index in [0.29, 0.717) is 0 Å². The van der Waals surface area contributed by atoms with Gasteiger partial charge in [-0.3, -0.25) is 4.79 Å². The Kier molecular flexibility index (Phi) is 4.77. The Hall–Kier alpha value is -2.72. The van der Waals surface area contributed by atoms with Crippen LogP contribution < -0.4 is 10.1 Å². The van der Waals surface area contributed by atoms with Crippen molar-refractivity contribution in [2.24, 2.45) is 7.05 Å². The molecule has 2 aromatic heterocycles. The number of nitrogens with one attached hydrogen (secondary N) is 1. The Morgan fingerprint density at radius 2 is 2.13 bits per heavy atom. The van der Waals surface area contributed by atoms with Crippen LogP contribution in [0.15, 0.2) is 12.1 Å². The molecule has 0 radical (unpaired) electrons. The van der Waals surface area contributed by atoms with Crippen molar-refractivity contribution in [1.29, 1.82) is 0 Å². The molecule has 0 spiro atoms. The fraction of sp³-hybridized carbons (Fsp3) is 0.417. The highest BCUT2D eigenvalue weighted by Crippen LogP contribution is 2.30. The maximum Gasteiger partial charge on any atom is 0.433 e. The van der Waals surface area contributed by atoms with Gasteiger partial charge in [-0.2, -0.15) is 18.0 Å². The molecule has 2 aromatic rings. The standard InChI is InChI=1S/C12H13F3N6O2/c1-3-23-11-7(4-5-8(17-11)12(13,14)15)10(22)16-6-9-18-20-21(2)19-9/h4-5H,3,6H2,1-2H3,(H,16,22). The lowest BCUT2D eigenvalue weighted by atomic mass is 10.2. The van der Waals surface area contributed by atoms with Crippen molar-refractivity contribution in [1.82, 2.24) is 30.5 Å². The molecule has 1 N–H and O–H groups in total. The number of aryl methyl sites for hydroxylation is 1. The fourth-order valence-corrected chi connectivity index (χ4v) is 1.67. The van der Waals surface area contributed by atoms with Crippen LogP contribution in [-0.4, -0.2) is 37.7 Å². The number of hydrogen-bond acceptors (Lipinski definition) is 6. The van der Waals surface area contributed by atoms with Gasteiger partial charge in [-0.05, 0) is 24.3 Å². The molecule has 11 heteroatoms. The number of amides is 1. The third-order valence-electron chi connectivity index (χ3n) is 2.63. The second-order valence-corrected chi connectivity index (χ2v) is 4.36. The summed E-state index contributed by atoms with van der Waals surface area (Å²) < 4.78 is 43.0. The summed E-state index contributed by atoms with van der Waals surface area (Å²) in [6.07, 6.45) is -4.62. The monoisotopic (exact) mass is 330 g/mol. The summed E-state index contributed by atoms with van der Waals surface area (Å²) in [6, 6.07) is 1.73. The van der Waals surface area contributed by atoms with Crippen molar-refractivity contribution < 1.29 is 22.7 Å². The zero-order chi connectivity index (χ0) is 17.0. The smallest absolute Gasteiger partial charge is 0.433 e. The molecule has 0 aromatic carbocycles. The van der Waals surface area contributed by atoms with E-state index < -0.39 is 17.8 Å². The summed E-state index contributed by atoms with van der Waals surface area (Å²) in [5, 5.41) is 13.6. The highest BCUT2D eigenvalue weighted by atomic mass is 19.4. The van der Waals surface area contributed by atoms with Crippen LogP contribution in [0.25, 0.3) is 0 Å². The first kappa shape index (κ1) is 16.6. The number of alkyl halides is 3. The predicted octanol–water partition coefficient (Wildman–Crippen LogP) is 0.953. The van der Waals surface area contributed by atoms with Gasteiger partial charge in [-0.25, -0.2) is 4.98 Å². The van der Waals surface area contributed by atoms with Crippen LogP contribution in [0.3, 0.4) is 0 Å². The zero-order valence-corrected chi connectivity index (χ0v) is 12.3. The van der Waals surface area contributed by atoms with Gasteiger partial charge in [-0.1, -0.05) is 0 Å². The van der Waals surface area contributed by atoms with Crippen molar-refractivity contribution in [2.45, 2.75) is 19.6 Å². The van der Waals surface area contributed by atoms with Gasteiger partial charge >= 0.3 is 6.18 Å². The predicted molar refractivity (Wildman–Crippen MR) is 70.4 cm³/mol. The minimum absolute atomic E-state index is 0.0285. The van der Waals surface area contributed by atoms with Crippen molar-refractivity contribution in [3.05, 3.63) is 29.2 Å². The van der Waals surface area contributed by atoms with Gasteiger partial charge in [0.25, 0.3) is 5.91 Å². The summed E-state index contributed by atoms with van der Waals surface area (Å²) in [5.74, 6) is -0.771. The largest absolute Gasteiger partial charge is 0.477 e. The number of aromatic nitrogens is 5. The number of tetrazole rings is 1. The number of nitrogens with zero attached hydrogens (tertiary/aromatic N) is 5. The van der Waals surface area contributed by atoms with Gasteiger partial charge in [0, 0.05) is 0 Å². The van der Waals surface area contributed by atoms with Gasteiger partial charge in [0.05, 0.1) is 20.2 Å². The summed E-state index contributed by atoms with van der Waals surface area (Å²) in [5.41, 5.74) is -1.24. The van der Waals surface area contributed by atoms with Crippen LogP contribution in [-0.2, 0) is 19.8 Å². The Morgan fingerprint density at radius 1 is 1.39 bits per heavy atom. The Morgan fingerprint density at radius 3 is 2.70 bits per heavy atom. The molecule has 1 amide bonds. The zero-order valence-electron chi connectivity index (χ0n) is 12.3. The van der Waals surface area contributed by atoms with Crippen LogP contribution in [0.2, 0.25) is 0 Å². The third kappa shape index (κ3) is 4.14. The number of carbonyl (C=O) groups excluding carboxylic acids is 1. The average molecular weight is 330 g/mol. The molecule has 2 rings (SSSR count). The molecule has 23 heavy (non-hydrogen) atoms. The van der Waals surface area contributed by atoms with E-state index in [1.54, 1.807) is 14.0 Å². The number of pyridine rings is 1. The fourth-order valence-electron chi connectivity index (χ4n) is 1.67. The summed E-state index contributed by atoms with van der Waals surface area (Å²) in [6.45, 7) is 1.62. The van der Waals surface area contributed by atoms with E-state index in [0.717, 1.165) is 12.1 Å². The topological polar surface area (TPSA) is 94.8 Å². The molecule has 0 atom stereocenters. The number of rotatable bonds is 5. The van der Waals surface area contributed by atoms with Crippen LogP contribution in [0.5, 0.6) is 5.88 Å². The molecule has 124 valence electrons. The summed E-state index contributed by atoms with van der Waals surface area (Å²) >= 11 is 0. The molecule has 0 saturated carbocycles. The average Bonchev–Trinajstić information content (AvgIpc) is 2.90. The lowest BCUT2D eigenvalue weighted by Crippen LogP contribution is -2.25. The number of hydrogen-bond donors (Lipinski definition) is 1. The molecule has 0 unspecified atom stereocenters. The Balaban J connectivity index is 2.18. The number of ether oxygens (including phenoxy) is 1. The third-order valence-corrected chi connectivity index (χ3v) is 2.63. The van der Waals surface area contributed by atoms with Crippen molar-refractivity contribution in [3.63, 3.8) is 0 Å². The molecular weight excluding hydrogens is 317 g/mol. The van der Waals surface area contributed by atoms with E-state index in [9.17, 15) is 18.0 Å². The van der Waals surface area contributed by atoms with E-state index in [1.807, 2.05) is 0 Å². The van der Waals surface area contributed by atoms with E-state index >= 15 is 0 Å². The molecule has 0 aliphatic rings. The number of carbonyl (C=O) groups is 1. The molecule has 0 fully saturated rings. The Labute approximate surface area is 128 Å². The molecule has 0 bridgehead atoms. The van der Waals surface area contributed by atoms with E-state index in [4.69, 9.17) is 4.74 Å². The Bertz CT molecular complexity index is 700. The van der Waals surface area contributed by atoms with Crippen molar-refractivity contribution in [2.75, 3.05) is 6.61 Å². The molecular formula is C12H13F3N6O2. The second-order valence-electron chi connectivity index (χ2n) is 4.36. The minimum atomic E-state index is -4.62. The first-order valence-corrected chi connectivity index (χ1v) is 6.53. The van der Waals surface area contributed by atoms with Crippen LogP contribution in [0.4, 0.5) is 13.2 Å². The maximum atomic E-state index is 12.7. The van der Waals surface area contributed by atoms with Gasteiger partial charge in [0.2, 0.25) is 5.88 Å². The van der Waals surface area contributed by atoms with Gasteiger partial charge in [-0.15, -0.1) is 10.2 Å². The van der Waals surface area contributed by atoms with Crippen LogP contribution in [0.1, 0.15) is 28.8 Å². The summed E-state index contributed by atoms with van der Waals surface area (Å²) in [7, 11) is 1.56. The maximum absolute atomic E-state index is 12.7. The summed E-state index contributed by atoms with van der Waals surface area (Å²) in [4.78, 5) is 16.7. The first-order valence-electron chi connectivity index (χ1n) is 6.53. The molecule has 0 aliphatic heterocycles. The van der Waals surface area contributed by atoms with Crippen LogP contribution >= 0.6 is 0 Å². The van der Waals surface area contributed by atoms with Gasteiger partial charge in [0.15, 0.2) is 5.82 Å². The van der Waals surface area contributed by atoms with Gasteiger partial charge < -0.3 is 10.1 Å². The minimum Gasteiger partial charge on any atom is -0.477 e. The first-order chi connectivity index (χ1) is 10.8. The lowest BCUT2D eigenvalue weighted by Gasteiger charge is -2.12. The highest BCUT2D eigenvalue weighted by Gasteiger charge is 2.33. The van der Waals surface area contributed by atoms with E-state index in [1.165, 1.54) is 4.80 Å². The molecule has 8 nitrogen and oxygen atoms in total. The van der Waals surface area contributed by atoms with Crippen molar-refractivity contribution in [3.8, 4) is 5.88 Å². The molecule has 0 saturated heterocycles. The molecule has 0 aliphatic carbocycles. The van der Waals surface area contributed by atoms with E-state index in [2.05, 4.69) is 25.7 Å². The highest BCUT2D eigenvalue weighted by molar-refractivity contribution is 5.96. The lowest BCUT2D eigenvalue weighted by molar-refractivity contribution is -0.141. The second kappa shape index (κ2) is 6.58. The SMILES string of the molecule is CCOc1nc(C(F)(F)F)ccc1C(=O)NCc1nnn(C)n1. The van der Waals surface area contributed by atoms with Gasteiger partial charge in [0.1, 0.15) is 11.3 Å². The van der Waals surface area contributed by atoms with Crippen LogP contribution in [0, 0.1) is 0 Å². The quantitative estimate of drug-likeness (QED) is 0.877. The number of halogens is 3.